The van der Waals surface area contributed by atoms with Gasteiger partial charge in [0.15, 0.2) is 0 Å². The lowest BCUT2D eigenvalue weighted by Gasteiger charge is -2.11. The minimum atomic E-state index is -0.430. The van der Waals surface area contributed by atoms with Crippen LogP contribution in [0.2, 0.25) is 0 Å². The Morgan fingerprint density at radius 3 is 2.67 bits per heavy atom. The molecular formula is C14H20N2O2. The lowest BCUT2D eigenvalue weighted by atomic mass is 9.99. The molecule has 0 aliphatic heterocycles. The topological polar surface area (TPSA) is 64.7 Å². The second-order valence-electron chi connectivity index (χ2n) is 4.11. The van der Waals surface area contributed by atoms with Gasteiger partial charge in [-0.15, -0.1) is 0 Å². The Hall–Kier alpha value is -1.84. The van der Waals surface area contributed by atoms with Crippen molar-refractivity contribution in [1.29, 1.82) is 0 Å². The fourth-order valence-electron chi connectivity index (χ4n) is 1.64. The van der Waals surface area contributed by atoms with Crippen LogP contribution in [0.5, 0.6) is 0 Å². The molecule has 0 aromatic heterocycles. The van der Waals surface area contributed by atoms with Gasteiger partial charge >= 0.3 is 0 Å². The van der Waals surface area contributed by atoms with Gasteiger partial charge in [0.05, 0.1) is 5.71 Å². The van der Waals surface area contributed by atoms with Gasteiger partial charge in [0.2, 0.25) is 5.91 Å². The number of amides is 1. The highest BCUT2D eigenvalue weighted by atomic mass is 16.6. The fraction of sp³-hybridized carbons (Fsp3) is 0.429. The Bertz CT molecular complexity index is 453. The van der Waals surface area contributed by atoms with E-state index in [4.69, 9.17) is 10.6 Å². The summed E-state index contributed by atoms with van der Waals surface area (Å²) < 4.78 is 0. The summed E-state index contributed by atoms with van der Waals surface area (Å²) in [5.74, 6) is -0.430. The Balaban J connectivity index is 2.94. The Labute approximate surface area is 108 Å². The van der Waals surface area contributed by atoms with Gasteiger partial charge in [-0.25, -0.2) is 0 Å². The first-order valence-electron chi connectivity index (χ1n) is 6.16. The number of oxime groups is 1. The maximum absolute atomic E-state index is 11.4. The molecule has 0 spiro atoms. The van der Waals surface area contributed by atoms with Crippen LogP contribution < -0.4 is 5.73 Å². The first kappa shape index (κ1) is 14.2. The van der Waals surface area contributed by atoms with E-state index in [9.17, 15) is 4.79 Å². The van der Waals surface area contributed by atoms with E-state index in [0.717, 1.165) is 29.7 Å². The molecule has 0 heterocycles. The summed E-state index contributed by atoms with van der Waals surface area (Å²) in [7, 11) is 0. The molecule has 0 aliphatic carbocycles. The third-order valence-corrected chi connectivity index (χ3v) is 2.86. The quantitative estimate of drug-likeness (QED) is 0.621. The van der Waals surface area contributed by atoms with Gasteiger partial charge in [-0.1, -0.05) is 31.1 Å². The minimum absolute atomic E-state index is 0.277. The third-order valence-electron chi connectivity index (χ3n) is 2.86. The molecule has 98 valence electrons. The highest BCUT2D eigenvalue weighted by molar-refractivity contribution is 5.94. The highest BCUT2D eigenvalue weighted by Crippen LogP contribution is 2.17. The van der Waals surface area contributed by atoms with Crippen LogP contribution >= 0.6 is 0 Å². The minimum Gasteiger partial charge on any atom is -0.391 e. The van der Waals surface area contributed by atoms with Crippen molar-refractivity contribution in [2.75, 3.05) is 0 Å². The Morgan fingerprint density at radius 2 is 2.11 bits per heavy atom. The molecule has 4 heteroatoms. The molecule has 1 aromatic carbocycles. The van der Waals surface area contributed by atoms with Crippen LogP contribution in [0.15, 0.2) is 23.4 Å². The number of carbonyl (C=O) groups is 1. The van der Waals surface area contributed by atoms with Gasteiger partial charge < -0.3 is 10.6 Å². The number of hydrogen-bond acceptors (Lipinski definition) is 3. The van der Waals surface area contributed by atoms with E-state index in [0.29, 0.717) is 5.56 Å². The lowest BCUT2D eigenvalue weighted by molar-refractivity contribution is 0.0987. The van der Waals surface area contributed by atoms with Gasteiger partial charge in [0.1, 0.15) is 6.61 Å². The molecule has 1 rings (SSSR count). The molecule has 0 radical (unpaired) electrons. The molecule has 4 nitrogen and oxygen atoms in total. The summed E-state index contributed by atoms with van der Waals surface area (Å²) >= 11 is 0. The number of hydrogen-bond donors (Lipinski definition) is 1. The summed E-state index contributed by atoms with van der Waals surface area (Å²) in [5, 5.41) is 3.98. The van der Waals surface area contributed by atoms with Crippen LogP contribution in [0.1, 0.15) is 48.7 Å². The van der Waals surface area contributed by atoms with Crippen molar-refractivity contribution in [2.45, 2.75) is 40.2 Å². The highest BCUT2D eigenvalue weighted by Gasteiger charge is 2.11. The Kier molecular flexibility index (Phi) is 5.36. The van der Waals surface area contributed by atoms with Crippen molar-refractivity contribution in [3.05, 3.63) is 34.9 Å². The molecule has 1 aromatic rings. The number of nitrogens with zero attached hydrogens (tertiary/aromatic N) is 1. The van der Waals surface area contributed by atoms with Crippen LogP contribution in [0.4, 0.5) is 0 Å². The number of nitrogens with two attached hydrogens (primary N) is 1. The summed E-state index contributed by atoms with van der Waals surface area (Å²) in [6.45, 7) is 6.22. The lowest BCUT2D eigenvalue weighted by Crippen LogP contribution is -2.15. The predicted octanol–water partition coefficient (Wildman–Crippen LogP) is 2.65. The van der Waals surface area contributed by atoms with Crippen molar-refractivity contribution >= 4 is 11.6 Å². The molecule has 18 heavy (non-hydrogen) atoms. The largest absolute Gasteiger partial charge is 0.391 e. The molecule has 0 saturated carbocycles. The van der Waals surface area contributed by atoms with E-state index >= 15 is 0 Å². The monoisotopic (exact) mass is 248 g/mol. The maximum Gasteiger partial charge on any atom is 0.249 e. The average molecular weight is 248 g/mol. The Morgan fingerprint density at radius 1 is 1.39 bits per heavy atom. The first-order chi connectivity index (χ1) is 8.60. The normalized spacial score (nSPS) is 11.4. The van der Waals surface area contributed by atoms with Crippen molar-refractivity contribution in [2.24, 2.45) is 10.9 Å². The molecule has 0 unspecified atom stereocenters. The predicted molar refractivity (Wildman–Crippen MR) is 72.5 cm³/mol. The molecule has 0 fully saturated rings. The number of carbonyl (C=O) groups excluding carboxylic acids is 1. The zero-order valence-electron chi connectivity index (χ0n) is 11.2. The number of primary amides is 1. The second-order valence-corrected chi connectivity index (χ2v) is 4.11. The van der Waals surface area contributed by atoms with Crippen molar-refractivity contribution in [3.63, 3.8) is 0 Å². The van der Waals surface area contributed by atoms with Crippen molar-refractivity contribution in [3.8, 4) is 0 Å². The summed E-state index contributed by atoms with van der Waals surface area (Å²) in [4.78, 5) is 16.7. The zero-order valence-corrected chi connectivity index (χ0v) is 11.2. The molecule has 0 saturated heterocycles. The summed E-state index contributed by atoms with van der Waals surface area (Å²) in [6.07, 6.45) is 1.67. The molecule has 2 N–H and O–H groups in total. The van der Waals surface area contributed by atoms with Crippen LogP contribution in [-0.4, -0.2) is 11.6 Å². The fourth-order valence-corrected chi connectivity index (χ4v) is 1.64. The van der Waals surface area contributed by atoms with Gasteiger partial charge in [0, 0.05) is 11.1 Å². The van der Waals surface area contributed by atoms with Gasteiger partial charge in [-0.05, 0) is 31.4 Å². The smallest absolute Gasteiger partial charge is 0.249 e. The van der Waals surface area contributed by atoms with Crippen LogP contribution in [-0.2, 0) is 17.9 Å². The van der Waals surface area contributed by atoms with Gasteiger partial charge in [0.25, 0.3) is 0 Å². The third kappa shape index (κ3) is 3.58. The SMILES string of the molecule is CCC(C)=NOCc1c(CC)cccc1C(N)=O. The average Bonchev–Trinajstić information content (AvgIpc) is 2.38. The molecule has 0 atom stereocenters. The number of benzene rings is 1. The van der Waals surface area contributed by atoms with Crippen LogP contribution in [0.25, 0.3) is 0 Å². The van der Waals surface area contributed by atoms with E-state index in [1.807, 2.05) is 32.9 Å². The van der Waals surface area contributed by atoms with E-state index in [1.165, 1.54) is 0 Å². The summed E-state index contributed by atoms with van der Waals surface area (Å²) in [5.41, 5.74) is 8.70. The first-order valence-corrected chi connectivity index (χ1v) is 6.16. The summed E-state index contributed by atoms with van der Waals surface area (Å²) in [6, 6.07) is 5.53. The van der Waals surface area contributed by atoms with Gasteiger partial charge in [-0.3, -0.25) is 4.79 Å². The maximum atomic E-state index is 11.4. The van der Waals surface area contributed by atoms with Gasteiger partial charge in [-0.2, -0.15) is 0 Å². The van der Waals surface area contributed by atoms with Crippen LogP contribution in [0, 0.1) is 0 Å². The zero-order chi connectivity index (χ0) is 13.5. The number of rotatable bonds is 6. The van der Waals surface area contributed by atoms with Crippen molar-refractivity contribution < 1.29 is 9.63 Å². The van der Waals surface area contributed by atoms with E-state index in [-0.39, 0.29) is 6.61 Å². The van der Waals surface area contributed by atoms with E-state index in [1.54, 1.807) is 6.07 Å². The second kappa shape index (κ2) is 6.79. The molecule has 0 aliphatic rings. The molecule has 0 bridgehead atoms. The standard InChI is InChI=1S/C14H20N2O2/c1-4-10(3)16-18-9-13-11(5-2)7-6-8-12(13)14(15)17/h6-8H,4-5,9H2,1-3H3,(H2,15,17). The van der Waals surface area contributed by atoms with Crippen molar-refractivity contribution in [1.82, 2.24) is 0 Å². The number of aryl methyl sites for hydroxylation is 1. The molecular weight excluding hydrogens is 228 g/mol. The molecule has 1 amide bonds. The van der Waals surface area contributed by atoms with E-state index < -0.39 is 5.91 Å². The van der Waals surface area contributed by atoms with Crippen LogP contribution in [0.3, 0.4) is 0 Å². The van der Waals surface area contributed by atoms with E-state index in [2.05, 4.69) is 5.16 Å².